The van der Waals surface area contributed by atoms with Gasteiger partial charge in [0.25, 0.3) is 0 Å². The summed E-state index contributed by atoms with van der Waals surface area (Å²) >= 11 is 0. The molecule has 0 aliphatic carbocycles. The number of pyridine rings is 1. The number of nitrogens with zero attached hydrogens (tertiary/aromatic N) is 3. The first-order valence-electron chi connectivity index (χ1n) is 10.0. The van der Waals surface area contributed by atoms with Gasteiger partial charge in [0.05, 0.1) is 19.9 Å². The van der Waals surface area contributed by atoms with Gasteiger partial charge in [-0.05, 0) is 59.2 Å². The summed E-state index contributed by atoms with van der Waals surface area (Å²) in [5, 5.41) is 30.5. The first kappa shape index (κ1) is 21.4. The molecule has 0 spiro atoms. The van der Waals surface area contributed by atoms with Crippen LogP contribution in [0.15, 0.2) is 79.1 Å². The van der Waals surface area contributed by atoms with E-state index in [4.69, 9.17) is 9.47 Å². The maximum atomic E-state index is 11.1. The van der Waals surface area contributed by atoms with E-state index in [-0.39, 0.29) is 0 Å². The van der Waals surface area contributed by atoms with Crippen LogP contribution < -0.4 is 9.47 Å². The zero-order valence-corrected chi connectivity index (χ0v) is 17.7. The SMILES string of the molecule is COc1ccc([C@@H](O)c2cc(-c3ccncc3)c([C@H](O)c3ccc(OC)cc3)nn2)cc1. The maximum Gasteiger partial charge on any atom is 0.123 e. The number of hydrogen-bond acceptors (Lipinski definition) is 7. The molecule has 7 nitrogen and oxygen atoms in total. The van der Waals surface area contributed by atoms with E-state index in [9.17, 15) is 10.2 Å². The van der Waals surface area contributed by atoms with E-state index in [0.29, 0.717) is 39.6 Å². The quantitative estimate of drug-likeness (QED) is 0.462. The predicted molar refractivity (Wildman–Crippen MR) is 119 cm³/mol. The molecule has 0 fully saturated rings. The highest BCUT2D eigenvalue weighted by atomic mass is 16.5. The Morgan fingerprint density at radius 3 is 1.75 bits per heavy atom. The molecule has 0 saturated carbocycles. The average molecular weight is 429 g/mol. The van der Waals surface area contributed by atoms with Gasteiger partial charge in [-0.3, -0.25) is 4.98 Å². The van der Waals surface area contributed by atoms with Crippen molar-refractivity contribution in [3.05, 3.63) is 102 Å². The van der Waals surface area contributed by atoms with Gasteiger partial charge in [0.1, 0.15) is 29.4 Å². The predicted octanol–water partition coefficient (Wildman–Crippen LogP) is 3.72. The molecule has 2 aromatic carbocycles. The zero-order valence-electron chi connectivity index (χ0n) is 17.7. The van der Waals surface area contributed by atoms with Crippen LogP contribution in [0.1, 0.15) is 34.7 Å². The summed E-state index contributed by atoms with van der Waals surface area (Å²) in [7, 11) is 3.18. The molecule has 0 radical (unpaired) electrons. The lowest BCUT2D eigenvalue weighted by Crippen LogP contribution is -2.11. The van der Waals surface area contributed by atoms with Gasteiger partial charge in [-0.25, -0.2) is 0 Å². The first-order chi connectivity index (χ1) is 15.6. The van der Waals surface area contributed by atoms with Crippen LogP contribution in [0, 0.1) is 0 Å². The highest BCUT2D eigenvalue weighted by Crippen LogP contribution is 2.33. The van der Waals surface area contributed by atoms with Crippen molar-refractivity contribution in [2.24, 2.45) is 0 Å². The van der Waals surface area contributed by atoms with E-state index in [0.717, 1.165) is 5.56 Å². The van der Waals surface area contributed by atoms with Gasteiger partial charge in [0.15, 0.2) is 0 Å². The highest BCUT2D eigenvalue weighted by molar-refractivity contribution is 5.67. The molecule has 32 heavy (non-hydrogen) atoms. The second-order valence-corrected chi connectivity index (χ2v) is 7.16. The maximum absolute atomic E-state index is 11.1. The minimum Gasteiger partial charge on any atom is -0.497 e. The molecule has 2 atom stereocenters. The summed E-state index contributed by atoms with van der Waals surface area (Å²) in [5.41, 5.74) is 3.52. The van der Waals surface area contributed by atoms with Crippen LogP contribution in [0.5, 0.6) is 11.5 Å². The molecule has 0 aliphatic heterocycles. The number of benzene rings is 2. The molecule has 4 aromatic rings. The third-order valence-electron chi connectivity index (χ3n) is 5.23. The molecule has 7 heteroatoms. The van der Waals surface area contributed by atoms with Crippen molar-refractivity contribution in [2.75, 3.05) is 14.2 Å². The van der Waals surface area contributed by atoms with Crippen LogP contribution in [-0.2, 0) is 0 Å². The van der Waals surface area contributed by atoms with Crippen molar-refractivity contribution < 1.29 is 19.7 Å². The summed E-state index contributed by atoms with van der Waals surface area (Å²) in [5.74, 6) is 1.39. The topological polar surface area (TPSA) is 97.6 Å². The normalized spacial score (nSPS) is 12.8. The van der Waals surface area contributed by atoms with Crippen molar-refractivity contribution in [1.82, 2.24) is 15.2 Å². The minimum absolute atomic E-state index is 0.368. The van der Waals surface area contributed by atoms with Crippen LogP contribution in [0.3, 0.4) is 0 Å². The van der Waals surface area contributed by atoms with E-state index >= 15 is 0 Å². The number of rotatable bonds is 7. The Morgan fingerprint density at radius 1 is 0.688 bits per heavy atom. The molecule has 0 aliphatic rings. The molecule has 162 valence electrons. The third-order valence-corrected chi connectivity index (χ3v) is 5.23. The Morgan fingerprint density at radius 2 is 1.22 bits per heavy atom. The average Bonchev–Trinajstić information content (AvgIpc) is 2.88. The molecule has 0 amide bonds. The van der Waals surface area contributed by atoms with Crippen molar-refractivity contribution in [3.8, 4) is 22.6 Å². The summed E-state index contributed by atoms with van der Waals surface area (Å²) in [4.78, 5) is 4.07. The first-order valence-corrected chi connectivity index (χ1v) is 10.0. The van der Waals surface area contributed by atoms with Crippen LogP contribution in [0.2, 0.25) is 0 Å². The largest absolute Gasteiger partial charge is 0.497 e. The van der Waals surface area contributed by atoms with E-state index in [1.165, 1.54) is 0 Å². The molecular weight excluding hydrogens is 406 g/mol. The lowest BCUT2D eigenvalue weighted by atomic mass is 9.96. The smallest absolute Gasteiger partial charge is 0.123 e. The number of aromatic nitrogens is 3. The fourth-order valence-corrected chi connectivity index (χ4v) is 3.42. The minimum atomic E-state index is -1.01. The molecule has 2 aromatic heterocycles. The summed E-state index contributed by atoms with van der Waals surface area (Å²) in [6, 6.07) is 19.6. The van der Waals surface area contributed by atoms with Crippen LogP contribution in [0.4, 0.5) is 0 Å². The Hall–Kier alpha value is -3.81. The Labute approximate surface area is 186 Å². The molecule has 0 saturated heterocycles. The Bertz CT molecular complexity index is 1170. The zero-order chi connectivity index (χ0) is 22.5. The van der Waals surface area contributed by atoms with Crippen molar-refractivity contribution in [2.45, 2.75) is 12.2 Å². The number of hydrogen-bond donors (Lipinski definition) is 2. The van der Waals surface area contributed by atoms with Crippen LogP contribution in [-0.4, -0.2) is 39.6 Å². The van der Waals surface area contributed by atoms with Gasteiger partial charge in [0.2, 0.25) is 0 Å². The van der Waals surface area contributed by atoms with Crippen molar-refractivity contribution in [3.63, 3.8) is 0 Å². The highest BCUT2D eigenvalue weighted by Gasteiger charge is 2.22. The third kappa shape index (κ3) is 4.44. The molecule has 2 N–H and O–H groups in total. The van der Waals surface area contributed by atoms with Gasteiger partial charge in [-0.15, -0.1) is 0 Å². The van der Waals surface area contributed by atoms with Gasteiger partial charge < -0.3 is 19.7 Å². The van der Waals surface area contributed by atoms with E-state index < -0.39 is 12.2 Å². The fourth-order valence-electron chi connectivity index (χ4n) is 3.42. The monoisotopic (exact) mass is 429 g/mol. The van der Waals surface area contributed by atoms with Crippen molar-refractivity contribution in [1.29, 1.82) is 0 Å². The number of methoxy groups -OCH3 is 2. The molecule has 0 unspecified atom stereocenters. The molecule has 2 heterocycles. The lowest BCUT2D eigenvalue weighted by Gasteiger charge is -2.18. The lowest BCUT2D eigenvalue weighted by molar-refractivity contribution is 0.206. The molecule has 0 bridgehead atoms. The number of aliphatic hydroxyl groups is 2. The molecule has 4 rings (SSSR count). The fraction of sp³-hybridized carbons (Fsp3) is 0.160. The molecular formula is C25H23N3O4. The Balaban J connectivity index is 1.75. The summed E-state index contributed by atoms with van der Waals surface area (Å²) in [6.45, 7) is 0. The second-order valence-electron chi connectivity index (χ2n) is 7.16. The Kier molecular flexibility index (Phi) is 6.39. The van der Waals surface area contributed by atoms with Crippen LogP contribution in [0.25, 0.3) is 11.1 Å². The number of ether oxygens (including phenoxy) is 2. The summed E-state index contributed by atoms with van der Waals surface area (Å²) < 4.78 is 10.4. The van der Waals surface area contributed by atoms with Gasteiger partial charge in [-0.1, -0.05) is 24.3 Å². The van der Waals surface area contributed by atoms with E-state index in [1.54, 1.807) is 81.2 Å². The van der Waals surface area contributed by atoms with Gasteiger partial charge in [-0.2, -0.15) is 10.2 Å². The number of aliphatic hydroxyl groups excluding tert-OH is 2. The second kappa shape index (κ2) is 9.55. The van der Waals surface area contributed by atoms with Crippen LogP contribution >= 0.6 is 0 Å². The van der Waals surface area contributed by atoms with Gasteiger partial charge >= 0.3 is 0 Å². The van der Waals surface area contributed by atoms with Gasteiger partial charge in [0, 0.05) is 18.0 Å². The summed E-state index contributed by atoms with van der Waals surface area (Å²) in [6.07, 6.45) is 1.34. The van der Waals surface area contributed by atoms with Crippen molar-refractivity contribution >= 4 is 0 Å². The standard InChI is InChI=1S/C25H23N3O4/c1-31-19-7-3-17(4-8-19)24(29)22-15-21(16-11-13-26-14-12-16)23(28-27-22)25(30)18-5-9-20(32-2)10-6-18/h3-15,24-25,29-30H,1-2H3/t24-,25-/m1/s1. The van der Waals surface area contributed by atoms with E-state index in [2.05, 4.69) is 15.2 Å². The van der Waals surface area contributed by atoms with E-state index in [1.807, 2.05) is 12.1 Å².